The van der Waals surface area contributed by atoms with E-state index < -0.39 is 0 Å². The molecule has 0 spiro atoms. The van der Waals surface area contributed by atoms with Gasteiger partial charge in [0.25, 0.3) is 5.91 Å². The van der Waals surface area contributed by atoms with E-state index in [1.165, 1.54) is 29.1 Å². The maximum Gasteiger partial charge on any atom is 0.276 e. The second kappa shape index (κ2) is 6.49. The predicted octanol–water partition coefficient (Wildman–Crippen LogP) is 4.63. The number of aryl methyl sites for hydroxylation is 1. The fourth-order valence-electron chi connectivity index (χ4n) is 2.90. The van der Waals surface area contributed by atoms with Crippen LogP contribution in [0.2, 0.25) is 0 Å². The number of amides is 1. The minimum Gasteiger partial charge on any atom is -0.462 e. The zero-order valence-electron chi connectivity index (χ0n) is 13.2. The second-order valence-corrected chi connectivity index (χ2v) is 7.82. The molecule has 5 nitrogen and oxygen atoms in total. The van der Waals surface area contributed by atoms with E-state index in [0.717, 1.165) is 24.5 Å². The van der Waals surface area contributed by atoms with Crippen LogP contribution in [0.5, 0.6) is 0 Å². The summed E-state index contributed by atoms with van der Waals surface area (Å²) in [7, 11) is 0. The molecular formula is C17H17N3O2S2. The van der Waals surface area contributed by atoms with E-state index >= 15 is 0 Å². The van der Waals surface area contributed by atoms with E-state index in [2.05, 4.69) is 22.2 Å². The lowest BCUT2D eigenvalue weighted by Crippen LogP contribution is -2.12. The molecule has 1 aliphatic carbocycles. The Hall–Kier alpha value is -1.99. The zero-order chi connectivity index (χ0) is 16.5. The molecule has 0 saturated carbocycles. The van der Waals surface area contributed by atoms with Gasteiger partial charge in [-0.3, -0.25) is 10.1 Å². The number of anilines is 1. The van der Waals surface area contributed by atoms with Crippen LogP contribution in [-0.4, -0.2) is 15.9 Å². The van der Waals surface area contributed by atoms with Crippen LogP contribution in [0.4, 0.5) is 5.13 Å². The van der Waals surface area contributed by atoms with Crippen molar-refractivity contribution in [2.75, 3.05) is 5.32 Å². The van der Waals surface area contributed by atoms with Crippen molar-refractivity contribution in [3.05, 3.63) is 40.0 Å². The first-order valence-corrected chi connectivity index (χ1v) is 9.72. The molecule has 124 valence electrons. The van der Waals surface area contributed by atoms with Crippen LogP contribution in [0, 0.1) is 5.92 Å². The monoisotopic (exact) mass is 359 g/mol. The highest BCUT2D eigenvalue weighted by atomic mass is 32.1. The summed E-state index contributed by atoms with van der Waals surface area (Å²) in [6.07, 6.45) is 6.09. The van der Waals surface area contributed by atoms with Gasteiger partial charge in [-0.25, -0.2) is 9.97 Å². The number of thiazole rings is 2. The summed E-state index contributed by atoms with van der Waals surface area (Å²) >= 11 is 2.99. The van der Waals surface area contributed by atoms with Gasteiger partial charge in [0.2, 0.25) is 0 Å². The van der Waals surface area contributed by atoms with Crippen molar-refractivity contribution in [2.45, 2.75) is 32.6 Å². The smallest absolute Gasteiger partial charge is 0.276 e. The Balaban J connectivity index is 1.48. The van der Waals surface area contributed by atoms with Gasteiger partial charge >= 0.3 is 0 Å². The summed E-state index contributed by atoms with van der Waals surface area (Å²) in [6, 6.07) is 3.64. The molecule has 24 heavy (non-hydrogen) atoms. The molecule has 4 rings (SSSR count). The Morgan fingerprint density at radius 1 is 1.46 bits per heavy atom. The lowest BCUT2D eigenvalue weighted by molar-refractivity contribution is 0.102. The molecule has 3 aromatic heterocycles. The molecule has 1 N–H and O–H groups in total. The second-order valence-electron chi connectivity index (χ2n) is 5.88. The third-order valence-corrected chi connectivity index (χ3v) is 6.20. The number of carbonyl (C=O) groups excluding carboxylic acids is 1. The van der Waals surface area contributed by atoms with Crippen molar-refractivity contribution < 1.29 is 9.21 Å². The van der Waals surface area contributed by atoms with Crippen LogP contribution in [0.3, 0.4) is 0 Å². The Labute approximate surface area is 147 Å². The molecule has 0 saturated heterocycles. The third-order valence-electron chi connectivity index (χ3n) is 4.31. The Morgan fingerprint density at radius 2 is 2.38 bits per heavy atom. The topological polar surface area (TPSA) is 68.0 Å². The Bertz CT molecular complexity index is 851. The molecule has 3 heterocycles. The summed E-state index contributed by atoms with van der Waals surface area (Å²) in [6.45, 7) is 2.23. The minimum atomic E-state index is -0.220. The lowest BCUT2D eigenvalue weighted by atomic mass is 9.89. The van der Waals surface area contributed by atoms with Gasteiger partial charge in [-0.2, -0.15) is 0 Å². The number of aromatic nitrogens is 2. The summed E-state index contributed by atoms with van der Waals surface area (Å²) < 4.78 is 5.31. The molecule has 3 aromatic rings. The van der Waals surface area contributed by atoms with Crippen molar-refractivity contribution in [1.29, 1.82) is 0 Å². The first-order chi connectivity index (χ1) is 11.7. The van der Waals surface area contributed by atoms with Gasteiger partial charge in [0, 0.05) is 10.3 Å². The highest BCUT2D eigenvalue weighted by Gasteiger charge is 2.22. The van der Waals surface area contributed by atoms with Crippen LogP contribution >= 0.6 is 22.7 Å². The molecule has 1 unspecified atom stereocenters. The van der Waals surface area contributed by atoms with Gasteiger partial charge in [0.1, 0.15) is 5.69 Å². The van der Waals surface area contributed by atoms with Gasteiger partial charge in [0.15, 0.2) is 15.9 Å². The summed E-state index contributed by atoms with van der Waals surface area (Å²) in [5.41, 5.74) is 1.54. The number of hydrogen-bond acceptors (Lipinski definition) is 6. The molecule has 0 fully saturated rings. The van der Waals surface area contributed by atoms with Gasteiger partial charge in [-0.1, -0.05) is 13.3 Å². The van der Waals surface area contributed by atoms with Crippen molar-refractivity contribution in [1.82, 2.24) is 9.97 Å². The van der Waals surface area contributed by atoms with Crippen molar-refractivity contribution in [2.24, 2.45) is 5.92 Å². The molecule has 1 amide bonds. The van der Waals surface area contributed by atoms with Crippen LogP contribution in [0.15, 0.2) is 28.2 Å². The maximum absolute atomic E-state index is 12.4. The van der Waals surface area contributed by atoms with Crippen LogP contribution in [-0.2, 0) is 12.8 Å². The Kier molecular flexibility index (Phi) is 4.20. The highest BCUT2D eigenvalue weighted by molar-refractivity contribution is 7.16. The van der Waals surface area contributed by atoms with Crippen molar-refractivity contribution in [3.63, 3.8) is 0 Å². The summed E-state index contributed by atoms with van der Waals surface area (Å²) in [4.78, 5) is 22.6. The average Bonchev–Trinajstić information content (AvgIpc) is 3.32. The maximum atomic E-state index is 12.4. The van der Waals surface area contributed by atoms with Crippen LogP contribution < -0.4 is 5.32 Å². The number of furan rings is 1. The molecule has 0 radical (unpaired) electrons. The quantitative estimate of drug-likeness (QED) is 0.737. The van der Waals surface area contributed by atoms with Crippen molar-refractivity contribution >= 4 is 33.7 Å². The largest absolute Gasteiger partial charge is 0.462 e. The summed E-state index contributed by atoms with van der Waals surface area (Å²) in [5.74, 6) is 1.20. The number of carbonyl (C=O) groups is 1. The van der Waals surface area contributed by atoms with E-state index in [-0.39, 0.29) is 5.91 Å². The van der Waals surface area contributed by atoms with E-state index in [9.17, 15) is 4.79 Å². The molecule has 0 bridgehead atoms. The van der Waals surface area contributed by atoms with E-state index in [1.807, 2.05) is 6.07 Å². The van der Waals surface area contributed by atoms with E-state index in [0.29, 0.717) is 21.6 Å². The Morgan fingerprint density at radius 3 is 3.17 bits per heavy atom. The first-order valence-electron chi connectivity index (χ1n) is 8.02. The third kappa shape index (κ3) is 3.01. The van der Waals surface area contributed by atoms with E-state index in [1.54, 1.807) is 29.0 Å². The van der Waals surface area contributed by atoms with Gasteiger partial charge in [-0.15, -0.1) is 22.7 Å². The lowest BCUT2D eigenvalue weighted by Gasteiger charge is -2.18. The first kappa shape index (κ1) is 15.5. The zero-order valence-corrected chi connectivity index (χ0v) is 14.9. The number of hydrogen-bond donors (Lipinski definition) is 1. The fourth-order valence-corrected chi connectivity index (χ4v) is 4.78. The van der Waals surface area contributed by atoms with Gasteiger partial charge < -0.3 is 4.42 Å². The van der Waals surface area contributed by atoms with E-state index in [4.69, 9.17) is 4.42 Å². The predicted molar refractivity (Wildman–Crippen MR) is 95.7 cm³/mol. The van der Waals surface area contributed by atoms with Crippen molar-refractivity contribution in [3.8, 4) is 10.8 Å². The molecule has 0 aliphatic heterocycles. The number of nitrogens with one attached hydrogen (secondary N) is 1. The van der Waals surface area contributed by atoms with Gasteiger partial charge in [-0.05, 0) is 37.3 Å². The number of rotatable bonds is 4. The average molecular weight is 359 g/mol. The minimum absolute atomic E-state index is 0.220. The molecule has 0 aromatic carbocycles. The standard InChI is InChI=1S/C17H17N3O2S2/c1-2-10-5-6-11-14(8-10)24-17(19-11)20-15(21)12-9-23-16(18-12)13-4-3-7-22-13/h3-4,7,9-10H,2,5-6,8H2,1H3,(H,19,20,21). The van der Waals surface area contributed by atoms with Crippen LogP contribution in [0.25, 0.3) is 10.8 Å². The molecule has 1 aliphatic rings. The molecule has 1 atom stereocenters. The number of nitrogens with zero attached hydrogens (tertiary/aromatic N) is 2. The van der Waals surface area contributed by atoms with Crippen LogP contribution in [0.1, 0.15) is 40.8 Å². The van der Waals surface area contributed by atoms with Gasteiger partial charge in [0.05, 0.1) is 12.0 Å². The highest BCUT2D eigenvalue weighted by Crippen LogP contribution is 2.33. The summed E-state index contributed by atoms with van der Waals surface area (Å²) in [5, 5.41) is 6.01. The molecular weight excluding hydrogens is 342 g/mol. The normalized spacial score (nSPS) is 16.8. The molecule has 7 heteroatoms. The SMILES string of the molecule is CCC1CCc2nc(NC(=O)c3csc(-c4ccco4)n3)sc2C1. The fraction of sp³-hybridized carbons (Fsp3) is 0.353. The number of fused-ring (bicyclic) bond motifs is 1.